The molecule has 0 spiro atoms. The van der Waals surface area contributed by atoms with E-state index in [9.17, 15) is 24.3 Å². The second-order valence-corrected chi connectivity index (χ2v) is 10.4. The van der Waals surface area contributed by atoms with Crippen molar-refractivity contribution >= 4 is 23.1 Å². The summed E-state index contributed by atoms with van der Waals surface area (Å²) in [6.07, 6.45) is 2.60. The summed E-state index contributed by atoms with van der Waals surface area (Å²) in [5.41, 5.74) is 1.52. The molecule has 3 N–H and O–H groups in total. The van der Waals surface area contributed by atoms with Crippen molar-refractivity contribution in [2.24, 2.45) is 0 Å². The number of pyridine rings is 1. The molecule has 4 heterocycles. The second-order valence-electron chi connectivity index (χ2n) is 10.4. The molecule has 4 rings (SSSR count). The third-order valence-corrected chi connectivity index (χ3v) is 6.76. The summed E-state index contributed by atoms with van der Waals surface area (Å²) in [5, 5.41) is 29.4. The van der Waals surface area contributed by atoms with Gasteiger partial charge in [0, 0.05) is 39.4 Å². The number of nitriles is 1. The Morgan fingerprint density at radius 3 is 2.62 bits per heavy atom. The number of nitrogens with zero attached hydrogens (tertiary/aromatic N) is 6. The number of alkyl halides is 1. The molecule has 3 amide bonds. The van der Waals surface area contributed by atoms with E-state index in [2.05, 4.69) is 26.8 Å². The predicted octanol–water partition coefficient (Wildman–Crippen LogP) is 2.66. The van der Waals surface area contributed by atoms with Gasteiger partial charge in [0.1, 0.15) is 12.2 Å². The molecular weight excluding hydrogens is 503 g/mol. The zero-order chi connectivity index (χ0) is 28.3. The number of fused-ring (bicyclic) bond motifs is 1. The highest BCUT2D eigenvalue weighted by molar-refractivity contribution is 6.00. The number of aromatic nitrogens is 3. The lowest BCUT2D eigenvalue weighted by atomic mass is 10.0. The number of hydrogen-bond donors (Lipinski definition) is 3. The number of rotatable bonds is 7. The summed E-state index contributed by atoms with van der Waals surface area (Å²) >= 11 is 0. The van der Waals surface area contributed by atoms with Crippen molar-refractivity contribution in [1.82, 2.24) is 29.7 Å². The topological polar surface area (TPSA) is 139 Å². The fourth-order valence-electron chi connectivity index (χ4n) is 4.40. The SMILES string of the molecule is CN(C)C(=O)N1CCC(Nc2cc(-c3ccc4cc(C#N)cnn34)ncc2C(=O)NCC(F)C(C)(C)O)CC1. The van der Waals surface area contributed by atoms with Gasteiger partial charge < -0.3 is 25.5 Å². The van der Waals surface area contributed by atoms with E-state index in [4.69, 9.17) is 0 Å². The van der Waals surface area contributed by atoms with Crippen molar-refractivity contribution < 1.29 is 19.1 Å². The number of amides is 3. The first-order valence-corrected chi connectivity index (χ1v) is 12.7. The quantitative estimate of drug-likeness (QED) is 0.422. The minimum atomic E-state index is -1.65. The van der Waals surface area contributed by atoms with E-state index >= 15 is 0 Å². The van der Waals surface area contributed by atoms with Crippen molar-refractivity contribution in [3.8, 4) is 17.5 Å². The molecule has 1 saturated heterocycles. The molecule has 1 atom stereocenters. The third kappa shape index (κ3) is 6.26. The molecule has 12 heteroatoms. The number of halogens is 1. The Balaban J connectivity index is 1.61. The van der Waals surface area contributed by atoms with Crippen LogP contribution >= 0.6 is 0 Å². The molecule has 0 bridgehead atoms. The maximum atomic E-state index is 14.3. The first kappa shape index (κ1) is 27.8. The van der Waals surface area contributed by atoms with Gasteiger partial charge in [-0.1, -0.05) is 0 Å². The minimum absolute atomic E-state index is 0.0105. The Morgan fingerprint density at radius 1 is 1.26 bits per heavy atom. The van der Waals surface area contributed by atoms with E-state index in [0.29, 0.717) is 48.6 Å². The molecule has 3 aromatic rings. The van der Waals surface area contributed by atoms with Crippen molar-refractivity contribution in [2.75, 3.05) is 39.0 Å². The number of urea groups is 1. The Morgan fingerprint density at radius 2 is 1.97 bits per heavy atom. The van der Waals surface area contributed by atoms with E-state index in [1.54, 1.807) is 40.5 Å². The lowest BCUT2D eigenvalue weighted by Gasteiger charge is -2.34. The van der Waals surface area contributed by atoms with Crippen molar-refractivity contribution in [1.29, 1.82) is 5.26 Å². The van der Waals surface area contributed by atoms with E-state index < -0.39 is 17.7 Å². The zero-order valence-corrected chi connectivity index (χ0v) is 22.5. The number of nitrogens with one attached hydrogen (secondary N) is 2. The molecule has 1 aliphatic heterocycles. The van der Waals surface area contributed by atoms with Gasteiger partial charge in [-0.25, -0.2) is 13.7 Å². The second kappa shape index (κ2) is 11.2. The van der Waals surface area contributed by atoms with E-state index in [1.807, 2.05) is 12.1 Å². The number of anilines is 1. The fraction of sp³-hybridized carbons (Fsp3) is 0.444. The van der Waals surface area contributed by atoms with Crippen LogP contribution < -0.4 is 10.6 Å². The van der Waals surface area contributed by atoms with Crippen LogP contribution in [0.25, 0.3) is 16.9 Å². The summed E-state index contributed by atoms with van der Waals surface area (Å²) in [4.78, 5) is 33.2. The lowest BCUT2D eigenvalue weighted by molar-refractivity contribution is -0.00177. The van der Waals surface area contributed by atoms with Crippen LogP contribution in [-0.2, 0) is 0 Å². The third-order valence-electron chi connectivity index (χ3n) is 6.76. The molecule has 206 valence electrons. The lowest BCUT2D eigenvalue weighted by Crippen LogP contribution is -2.46. The Labute approximate surface area is 226 Å². The Bertz CT molecular complexity index is 1400. The zero-order valence-electron chi connectivity index (χ0n) is 22.5. The molecule has 3 aromatic heterocycles. The van der Waals surface area contributed by atoms with Crippen molar-refractivity contribution in [2.45, 2.75) is 44.5 Å². The molecule has 11 nitrogen and oxygen atoms in total. The summed E-state index contributed by atoms with van der Waals surface area (Å²) in [6.45, 7) is 3.46. The average molecular weight is 537 g/mol. The van der Waals surface area contributed by atoms with Gasteiger partial charge in [-0.2, -0.15) is 10.4 Å². The molecule has 0 radical (unpaired) electrons. The molecule has 39 heavy (non-hydrogen) atoms. The first-order chi connectivity index (χ1) is 18.5. The molecule has 0 aromatic carbocycles. The summed E-state index contributed by atoms with van der Waals surface area (Å²) < 4.78 is 16.0. The predicted molar refractivity (Wildman–Crippen MR) is 144 cm³/mol. The number of aliphatic hydroxyl groups is 1. The van der Waals surface area contributed by atoms with Gasteiger partial charge in [0.2, 0.25) is 0 Å². The van der Waals surface area contributed by atoms with Crippen LogP contribution in [0.3, 0.4) is 0 Å². The standard InChI is InChI=1S/C27H33FN8O3/c1-27(2,39)24(28)16-31-25(37)20-15-30-22(23-6-5-19-11-17(13-29)14-32-36(19)23)12-21(20)33-18-7-9-35(10-8-18)26(38)34(3)4/h5-6,11-12,14-15,18,24,39H,7-10,16H2,1-4H3,(H,30,33)(H,31,37). The monoisotopic (exact) mass is 536 g/mol. The number of carbonyl (C=O) groups excluding carboxylic acids is 2. The van der Waals surface area contributed by atoms with Crippen LogP contribution in [0.1, 0.15) is 42.6 Å². The summed E-state index contributed by atoms with van der Waals surface area (Å²) in [5.74, 6) is -0.527. The van der Waals surface area contributed by atoms with Crippen LogP contribution in [0, 0.1) is 11.3 Å². The van der Waals surface area contributed by atoms with Gasteiger partial charge in [0.15, 0.2) is 0 Å². The largest absolute Gasteiger partial charge is 0.387 e. The van der Waals surface area contributed by atoms with Crippen molar-refractivity contribution in [3.63, 3.8) is 0 Å². The summed E-state index contributed by atoms with van der Waals surface area (Å²) in [7, 11) is 3.44. The number of piperidine rings is 1. The molecular formula is C27H33FN8O3. The van der Waals surface area contributed by atoms with Crippen LogP contribution in [0.2, 0.25) is 0 Å². The Hall–Kier alpha value is -4.24. The highest BCUT2D eigenvalue weighted by Crippen LogP contribution is 2.27. The maximum absolute atomic E-state index is 14.3. The van der Waals surface area contributed by atoms with Crippen molar-refractivity contribution in [3.05, 3.63) is 47.8 Å². The molecule has 0 saturated carbocycles. The Kier molecular flexibility index (Phi) is 8.01. The molecule has 1 fully saturated rings. The number of likely N-dealkylation sites (tertiary alicyclic amines) is 1. The van der Waals surface area contributed by atoms with E-state index in [1.165, 1.54) is 26.2 Å². The minimum Gasteiger partial charge on any atom is -0.387 e. The van der Waals surface area contributed by atoms with E-state index in [0.717, 1.165) is 5.52 Å². The fourth-order valence-corrected chi connectivity index (χ4v) is 4.40. The maximum Gasteiger partial charge on any atom is 0.319 e. The van der Waals surface area contributed by atoms with Crippen LogP contribution in [0.15, 0.2) is 36.7 Å². The van der Waals surface area contributed by atoms with Gasteiger partial charge in [0.05, 0.1) is 52.1 Å². The van der Waals surface area contributed by atoms with Crippen LogP contribution in [0.4, 0.5) is 14.9 Å². The van der Waals surface area contributed by atoms with E-state index in [-0.39, 0.29) is 24.2 Å². The highest BCUT2D eigenvalue weighted by Gasteiger charge is 2.28. The molecule has 1 unspecified atom stereocenters. The van der Waals surface area contributed by atoms with Gasteiger partial charge in [-0.3, -0.25) is 9.78 Å². The normalized spacial score (nSPS) is 15.1. The van der Waals surface area contributed by atoms with Gasteiger partial charge >= 0.3 is 6.03 Å². The first-order valence-electron chi connectivity index (χ1n) is 12.7. The average Bonchev–Trinajstić information content (AvgIpc) is 3.34. The molecule has 0 aliphatic carbocycles. The number of hydrogen-bond acceptors (Lipinski definition) is 7. The molecule has 1 aliphatic rings. The highest BCUT2D eigenvalue weighted by atomic mass is 19.1. The van der Waals surface area contributed by atoms with Gasteiger partial charge in [0.25, 0.3) is 5.91 Å². The summed E-state index contributed by atoms with van der Waals surface area (Å²) in [6, 6.07) is 9.14. The van der Waals surface area contributed by atoms with Gasteiger partial charge in [-0.15, -0.1) is 0 Å². The smallest absolute Gasteiger partial charge is 0.319 e. The van der Waals surface area contributed by atoms with Crippen LogP contribution in [-0.4, -0.2) is 93.0 Å². The van der Waals surface area contributed by atoms with Crippen LogP contribution in [0.5, 0.6) is 0 Å². The van der Waals surface area contributed by atoms with Gasteiger partial charge in [-0.05, 0) is 51.0 Å². The number of carbonyl (C=O) groups is 2.